The van der Waals surface area contributed by atoms with Crippen LogP contribution in [0.5, 0.6) is 0 Å². The molecule has 0 N–H and O–H groups in total. The first-order chi connectivity index (χ1) is 12.5. The van der Waals surface area contributed by atoms with Crippen LogP contribution >= 0.6 is 11.6 Å². The minimum absolute atomic E-state index is 0.123. The van der Waals surface area contributed by atoms with Gasteiger partial charge in [-0.05, 0) is 43.8 Å². The molecule has 3 rings (SSSR count). The summed E-state index contributed by atoms with van der Waals surface area (Å²) in [5.41, 5.74) is 3.22. The molecule has 0 aliphatic carbocycles. The maximum Gasteiger partial charge on any atom is 0.241 e. The lowest BCUT2D eigenvalue weighted by atomic mass is 10.1. The summed E-state index contributed by atoms with van der Waals surface area (Å²) in [6.07, 6.45) is 0. The molecule has 2 aromatic carbocycles. The number of carbonyl (C=O) groups is 1. The van der Waals surface area contributed by atoms with E-state index in [1.807, 2.05) is 29.2 Å². The van der Waals surface area contributed by atoms with Crippen LogP contribution in [-0.4, -0.2) is 55.5 Å². The van der Waals surface area contributed by atoms with E-state index in [0.29, 0.717) is 18.1 Å². The largest absolute Gasteiger partial charge is 0.307 e. The fraction of sp³-hybridized carbons (Fsp3) is 0.381. The van der Waals surface area contributed by atoms with Crippen LogP contribution in [0.4, 0.5) is 5.69 Å². The smallest absolute Gasteiger partial charge is 0.241 e. The molecule has 4 nitrogen and oxygen atoms in total. The van der Waals surface area contributed by atoms with Gasteiger partial charge in [-0.1, -0.05) is 41.4 Å². The van der Waals surface area contributed by atoms with Crippen molar-refractivity contribution in [1.29, 1.82) is 0 Å². The Labute approximate surface area is 161 Å². The van der Waals surface area contributed by atoms with Gasteiger partial charge in [-0.15, -0.1) is 0 Å². The predicted octanol–water partition coefficient (Wildman–Crippen LogP) is 3.43. The Balaban J connectivity index is 1.76. The maximum atomic E-state index is 13.1. The lowest BCUT2D eigenvalue weighted by Crippen LogP contribution is -2.48. The average molecular weight is 372 g/mol. The van der Waals surface area contributed by atoms with Gasteiger partial charge in [0.1, 0.15) is 0 Å². The summed E-state index contributed by atoms with van der Waals surface area (Å²) in [4.78, 5) is 19.5. The van der Waals surface area contributed by atoms with Crippen molar-refractivity contribution >= 4 is 23.2 Å². The highest BCUT2D eigenvalue weighted by atomic mass is 35.5. The molecule has 1 amide bonds. The van der Waals surface area contributed by atoms with Crippen LogP contribution in [0.2, 0.25) is 5.02 Å². The summed E-state index contributed by atoms with van der Waals surface area (Å²) < 4.78 is 0. The summed E-state index contributed by atoms with van der Waals surface area (Å²) >= 11 is 6.03. The molecular formula is C21H26ClN3O. The molecule has 5 heteroatoms. The number of anilines is 1. The van der Waals surface area contributed by atoms with Gasteiger partial charge in [-0.2, -0.15) is 0 Å². The van der Waals surface area contributed by atoms with Gasteiger partial charge < -0.3 is 9.80 Å². The number of rotatable bonds is 5. The Morgan fingerprint density at radius 3 is 2.23 bits per heavy atom. The van der Waals surface area contributed by atoms with E-state index in [4.69, 9.17) is 11.6 Å². The zero-order valence-electron chi connectivity index (χ0n) is 15.5. The van der Waals surface area contributed by atoms with Crippen LogP contribution in [0, 0.1) is 6.92 Å². The number of hydrogen-bond donors (Lipinski definition) is 0. The van der Waals surface area contributed by atoms with E-state index in [1.54, 1.807) is 0 Å². The van der Waals surface area contributed by atoms with Gasteiger partial charge in [0, 0.05) is 36.9 Å². The molecule has 1 fully saturated rings. The van der Waals surface area contributed by atoms with Crippen LogP contribution in [0.15, 0.2) is 48.5 Å². The van der Waals surface area contributed by atoms with Crippen LogP contribution in [0.25, 0.3) is 0 Å². The van der Waals surface area contributed by atoms with E-state index < -0.39 is 0 Å². The zero-order valence-corrected chi connectivity index (χ0v) is 16.2. The van der Waals surface area contributed by atoms with E-state index in [9.17, 15) is 4.79 Å². The van der Waals surface area contributed by atoms with Gasteiger partial charge >= 0.3 is 0 Å². The summed E-state index contributed by atoms with van der Waals surface area (Å²) in [6.45, 7) is 6.96. The van der Waals surface area contributed by atoms with Crippen LogP contribution in [0.1, 0.15) is 11.1 Å². The number of carbonyl (C=O) groups excluding carboxylic acids is 1. The van der Waals surface area contributed by atoms with Crippen molar-refractivity contribution in [3.63, 3.8) is 0 Å². The van der Waals surface area contributed by atoms with Crippen molar-refractivity contribution in [3.8, 4) is 0 Å². The summed E-state index contributed by atoms with van der Waals surface area (Å²) in [6, 6.07) is 15.8. The molecule has 138 valence electrons. The third kappa shape index (κ3) is 5.07. The normalized spacial score (nSPS) is 15.8. The van der Waals surface area contributed by atoms with Crippen molar-refractivity contribution in [3.05, 3.63) is 64.7 Å². The topological polar surface area (TPSA) is 26.8 Å². The van der Waals surface area contributed by atoms with Crippen molar-refractivity contribution in [2.75, 3.05) is 44.7 Å². The highest BCUT2D eigenvalue weighted by molar-refractivity contribution is 6.30. The van der Waals surface area contributed by atoms with Crippen molar-refractivity contribution in [2.24, 2.45) is 0 Å². The Morgan fingerprint density at radius 2 is 1.62 bits per heavy atom. The third-order valence-corrected chi connectivity index (χ3v) is 5.11. The molecule has 0 spiro atoms. The number of amides is 1. The second-order valence-electron chi connectivity index (χ2n) is 7.02. The van der Waals surface area contributed by atoms with Crippen LogP contribution < -0.4 is 4.90 Å². The highest BCUT2D eigenvalue weighted by Gasteiger charge is 2.22. The second kappa shape index (κ2) is 8.67. The third-order valence-electron chi connectivity index (χ3n) is 4.86. The monoisotopic (exact) mass is 371 g/mol. The minimum Gasteiger partial charge on any atom is -0.307 e. The number of likely N-dealkylation sites (N-methyl/N-ethyl adjacent to an activating group) is 1. The average Bonchev–Trinajstić information content (AvgIpc) is 2.64. The number of aryl methyl sites for hydroxylation is 1. The summed E-state index contributed by atoms with van der Waals surface area (Å²) in [5.74, 6) is 0.123. The van der Waals surface area contributed by atoms with Gasteiger partial charge in [-0.25, -0.2) is 0 Å². The predicted molar refractivity (Wildman–Crippen MR) is 108 cm³/mol. The van der Waals surface area contributed by atoms with E-state index in [0.717, 1.165) is 37.4 Å². The fourth-order valence-corrected chi connectivity index (χ4v) is 3.23. The quantitative estimate of drug-likeness (QED) is 0.805. The lowest BCUT2D eigenvalue weighted by molar-refractivity contribution is -0.120. The Kier molecular flexibility index (Phi) is 6.30. The van der Waals surface area contributed by atoms with Gasteiger partial charge in [-0.3, -0.25) is 9.69 Å². The first-order valence-corrected chi connectivity index (χ1v) is 9.41. The number of benzene rings is 2. The van der Waals surface area contributed by atoms with Crippen molar-refractivity contribution < 1.29 is 4.79 Å². The van der Waals surface area contributed by atoms with Gasteiger partial charge in [0.2, 0.25) is 5.91 Å². The van der Waals surface area contributed by atoms with Crippen LogP contribution in [-0.2, 0) is 11.3 Å². The number of nitrogens with zero attached hydrogens (tertiary/aromatic N) is 3. The lowest BCUT2D eigenvalue weighted by Gasteiger charge is -2.33. The molecule has 0 saturated carbocycles. The molecular weight excluding hydrogens is 346 g/mol. The number of hydrogen-bond acceptors (Lipinski definition) is 3. The molecule has 0 aromatic heterocycles. The van der Waals surface area contributed by atoms with E-state index >= 15 is 0 Å². The van der Waals surface area contributed by atoms with E-state index in [-0.39, 0.29) is 5.91 Å². The fourth-order valence-electron chi connectivity index (χ4n) is 3.10. The molecule has 1 aliphatic rings. The minimum atomic E-state index is 0.123. The van der Waals surface area contributed by atoms with Gasteiger partial charge in [0.25, 0.3) is 0 Å². The van der Waals surface area contributed by atoms with Crippen molar-refractivity contribution in [1.82, 2.24) is 9.80 Å². The summed E-state index contributed by atoms with van der Waals surface area (Å²) in [7, 11) is 2.12. The molecule has 2 aromatic rings. The first kappa shape index (κ1) is 18.9. The SMILES string of the molecule is Cc1ccc(CN(C(=O)CN2CCN(C)CC2)c2ccc(Cl)cc2)cc1. The van der Waals surface area contributed by atoms with Crippen LogP contribution in [0.3, 0.4) is 0 Å². The number of piperazine rings is 1. The molecule has 0 bridgehead atoms. The Bertz CT molecular complexity index is 722. The molecule has 26 heavy (non-hydrogen) atoms. The molecule has 0 atom stereocenters. The van der Waals surface area contributed by atoms with E-state index in [1.165, 1.54) is 5.56 Å². The molecule has 1 saturated heterocycles. The summed E-state index contributed by atoms with van der Waals surface area (Å²) in [5, 5.41) is 0.676. The Hall–Kier alpha value is -1.88. The van der Waals surface area contributed by atoms with Crippen molar-refractivity contribution in [2.45, 2.75) is 13.5 Å². The Morgan fingerprint density at radius 1 is 1.00 bits per heavy atom. The highest BCUT2D eigenvalue weighted by Crippen LogP contribution is 2.21. The standard InChI is InChI=1S/C21H26ClN3O/c1-17-3-5-18(6-4-17)15-25(20-9-7-19(22)8-10-20)21(26)16-24-13-11-23(2)12-14-24/h3-10H,11-16H2,1-2H3. The molecule has 0 radical (unpaired) electrons. The zero-order chi connectivity index (χ0) is 18.5. The molecule has 0 unspecified atom stereocenters. The van der Waals surface area contributed by atoms with Gasteiger partial charge in [0.05, 0.1) is 13.1 Å². The molecule has 1 heterocycles. The number of halogens is 1. The second-order valence-corrected chi connectivity index (χ2v) is 7.46. The molecule has 1 aliphatic heterocycles. The maximum absolute atomic E-state index is 13.1. The van der Waals surface area contributed by atoms with E-state index in [2.05, 4.69) is 48.0 Å². The van der Waals surface area contributed by atoms with Gasteiger partial charge in [0.15, 0.2) is 0 Å². The first-order valence-electron chi connectivity index (χ1n) is 9.03.